The molecule has 34 heavy (non-hydrogen) atoms. The molecule has 2 aromatic rings. The summed E-state index contributed by atoms with van der Waals surface area (Å²) in [6.45, 7) is 2.83. The molecule has 7 nitrogen and oxygen atoms in total. The topological polar surface area (TPSA) is 95.9 Å². The lowest BCUT2D eigenvalue weighted by Gasteiger charge is -2.38. The number of carboxylic acid groups (broad SMARTS) is 1. The number of nitrogens with zero attached hydrogens (tertiary/aromatic N) is 1. The van der Waals surface area contributed by atoms with Gasteiger partial charge in [-0.25, -0.2) is 4.79 Å². The first-order chi connectivity index (χ1) is 16.4. The number of nitrogens with one attached hydrogen (secondary N) is 1. The minimum atomic E-state index is -0.794. The Morgan fingerprint density at radius 1 is 1.06 bits per heavy atom. The Morgan fingerprint density at radius 2 is 1.68 bits per heavy atom. The molecule has 3 aliphatic rings. The van der Waals surface area contributed by atoms with Crippen LogP contribution < -0.4 is 5.32 Å². The second kappa shape index (κ2) is 8.78. The van der Waals surface area contributed by atoms with Gasteiger partial charge >= 0.3 is 12.1 Å². The third-order valence-corrected chi connectivity index (χ3v) is 7.71. The Hall–Kier alpha value is -3.35. The van der Waals surface area contributed by atoms with E-state index >= 15 is 0 Å². The smallest absolute Gasteiger partial charge is 0.407 e. The van der Waals surface area contributed by atoms with Gasteiger partial charge in [0.05, 0.1) is 11.3 Å². The van der Waals surface area contributed by atoms with Crippen molar-refractivity contribution < 1.29 is 24.2 Å². The molecule has 1 saturated heterocycles. The van der Waals surface area contributed by atoms with Crippen LogP contribution >= 0.6 is 0 Å². The number of ether oxygens (including phenoxy) is 1. The molecular formula is C27H30N2O5. The fourth-order valence-electron chi connectivity index (χ4n) is 5.51. The molecule has 0 bridgehead atoms. The number of piperidine rings is 1. The summed E-state index contributed by atoms with van der Waals surface area (Å²) in [6, 6.07) is 16.3. The van der Waals surface area contributed by atoms with Crippen molar-refractivity contribution in [1.82, 2.24) is 10.2 Å². The first-order valence-corrected chi connectivity index (χ1v) is 12.0. The highest BCUT2D eigenvalue weighted by Crippen LogP contribution is 2.48. The lowest BCUT2D eigenvalue weighted by molar-refractivity contribution is -0.149. The first kappa shape index (κ1) is 22.4. The summed E-state index contributed by atoms with van der Waals surface area (Å²) in [4.78, 5) is 38.9. The van der Waals surface area contributed by atoms with E-state index in [4.69, 9.17) is 4.74 Å². The van der Waals surface area contributed by atoms with E-state index in [2.05, 4.69) is 29.6 Å². The van der Waals surface area contributed by atoms with Gasteiger partial charge in [0.1, 0.15) is 6.61 Å². The van der Waals surface area contributed by atoms with Crippen molar-refractivity contribution in [3.05, 3.63) is 59.7 Å². The maximum absolute atomic E-state index is 13.2. The molecule has 0 aromatic heterocycles. The van der Waals surface area contributed by atoms with E-state index in [0.29, 0.717) is 19.4 Å². The SMILES string of the molecule is CC1CC(C(=O)O)CCN1C(=O)C1(CNC(=O)OCC2c3ccccc3-c3ccccc32)CC1. The number of benzene rings is 2. The number of hydrogen-bond donors (Lipinski definition) is 2. The first-order valence-electron chi connectivity index (χ1n) is 12.0. The molecule has 2 aliphatic carbocycles. The number of fused-ring (bicyclic) bond motifs is 3. The van der Waals surface area contributed by atoms with Crippen molar-refractivity contribution in [2.24, 2.45) is 11.3 Å². The van der Waals surface area contributed by atoms with E-state index in [1.165, 1.54) is 11.1 Å². The van der Waals surface area contributed by atoms with Crippen molar-refractivity contribution in [3.8, 4) is 11.1 Å². The Bertz CT molecular complexity index is 1080. The number of carbonyl (C=O) groups is 3. The van der Waals surface area contributed by atoms with E-state index in [1.54, 1.807) is 4.90 Å². The maximum atomic E-state index is 13.2. The third-order valence-electron chi connectivity index (χ3n) is 7.71. The monoisotopic (exact) mass is 462 g/mol. The molecule has 2 amide bonds. The summed E-state index contributed by atoms with van der Waals surface area (Å²) in [5, 5.41) is 12.1. The Balaban J connectivity index is 1.17. The molecule has 7 heteroatoms. The summed E-state index contributed by atoms with van der Waals surface area (Å²) in [5.74, 6) is -1.18. The van der Waals surface area contributed by atoms with Crippen LogP contribution in [0.5, 0.6) is 0 Å². The van der Waals surface area contributed by atoms with Gasteiger partial charge in [-0.1, -0.05) is 48.5 Å². The summed E-state index contributed by atoms with van der Waals surface area (Å²) in [5.41, 5.74) is 4.08. The van der Waals surface area contributed by atoms with Crippen molar-refractivity contribution in [2.45, 2.75) is 44.6 Å². The fraction of sp³-hybridized carbons (Fsp3) is 0.444. The molecule has 0 spiro atoms. The normalized spacial score (nSPS) is 22.4. The summed E-state index contributed by atoms with van der Waals surface area (Å²) in [7, 11) is 0. The zero-order valence-electron chi connectivity index (χ0n) is 19.3. The average Bonchev–Trinajstić information content (AvgIpc) is 3.57. The lowest BCUT2D eigenvalue weighted by atomic mass is 9.90. The zero-order valence-corrected chi connectivity index (χ0v) is 19.3. The van der Waals surface area contributed by atoms with Crippen LogP contribution in [0.1, 0.15) is 49.7 Å². The molecule has 178 valence electrons. The quantitative estimate of drug-likeness (QED) is 0.676. The van der Waals surface area contributed by atoms with Crippen LogP contribution in [0.2, 0.25) is 0 Å². The van der Waals surface area contributed by atoms with Gasteiger partial charge in [-0.2, -0.15) is 0 Å². The molecule has 2 N–H and O–H groups in total. The third kappa shape index (κ3) is 4.04. The van der Waals surface area contributed by atoms with E-state index in [1.807, 2.05) is 31.2 Å². The predicted octanol–water partition coefficient (Wildman–Crippen LogP) is 4.02. The highest BCUT2D eigenvalue weighted by atomic mass is 16.5. The van der Waals surface area contributed by atoms with Crippen LogP contribution in [0.4, 0.5) is 4.79 Å². The van der Waals surface area contributed by atoms with Crippen LogP contribution in [0.15, 0.2) is 48.5 Å². The Kier molecular flexibility index (Phi) is 5.80. The number of rotatable bonds is 6. The van der Waals surface area contributed by atoms with E-state index in [0.717, 1.165) is 24.0 Å². The summed E-state index contributed by atoms with van der Waals surface area (Å²) in [6.07, 6.45) is 1.87. The predicted molar refractivity (Wildman–Crippen MR) is 126 cm³/mol. The van der Waals surface area contributed by atoms with Gasteiger partial charge in [-0.15, -0.1) is 0 Å². The molecule has 2 aromatic carbocycles. The lowest BCUT2D eigenvalue weighted by Crippen LogP contribution is -2.51. The molecule has 2 atom stereocenters. The van der Waals surface area contributed by atoms with Gasteiger partial charge < -0.3 is 20.1 Å². The standard InChI is InChI=1S/C27H30N2O5/c1-17-14-18(24(30)31)10-13-29(17)25(32)27(11-12-27)16-28-26(33)34-15-23-21-8-4-2-6-19(21)20-7-3-5-9-22(20)23/h2-9,17-18,23H,10-16H2,1H3,(H,28,33)(H,30,31). The summed E-state index contributed by atoms with van der Waals surface area (Å²) >= 11 is 0. The molecular weight excluding hydrogens is 432 g/mol. The van der Waals surface area contributed by atoms with Crippen molar-refractivity contribution in [1.29, 1.82) is 0 Å². The number of amides is 2. The van der Waals surface area contributed by atoms with Crippen LogP contribution in [0, 0.1) is 11.3 Å². The van der Waals surface area contributed by atoms with Gasteiger partial charge in [-0.3, -0.25) is 9.59 Å². The second-order valence-corrected chi connectivity index (χ2v) is 9.87. The highest BCUT2D eigenvalue weighted by molar-refractivity contribution is 5.87. The fourth-order valence-corrected chi connectivity index (χ4v) is 5.51. The minimum Gasteiger partial charge on any atom is -0.481 e. The minimum absolute atomic E-state index is 0.00829. The molecule has 2 unspecified atom stereocenters. The molecule has 1 heterocycles. The number of carbonyl (C=O) groups excluding carboxylic acids is 2. The number of carboxylic acids is 1. The van der Waals surface area contributed by atoms with Crippen LogP contribution in [-0.2, 0) is 14.3 Å². The van der Waals surface area contributed by atoms with Gasteiger partial charge in [0, 0.05) is 25.0 Å². The molecule has 0 radical (unpaired) electrons. The molecule has 1 saturated carbocycles. The van der Waals surface area contributed by atoms with Crippen molar-refractivity contribution in [3.63, 3.8) is 0 Å². The van der Waals surface area contributed by atoms with E-state index in [9.17, 15) is 19.5 Å². The number of aliphatic carboxylic acids is 1. The van der Waals surface area contributed by atoms with Crippen molar-refractivity contribution >= 4 is 18.0 Å². The number of alkyl carbamates (subject to hydrolysis) is 1. The molecule has 2 fully saturated rings. The van der Waals surface area contributed by atoms with E-state index in [-0.39, 0.29) is 31.0 Å². The number of likely N-dealkylation sites (tertiary alicyclic amines) is 1. The molecule has 1 aliphatic heterocycles. The largest absolute Gasteiger partial charge is 0.481 e. The van der Waals surface area contributed by atoms with Gasteiger partial charge in [0.2, 0.25) is 5.91 Å². The Labute approximate surface area is 199 Å². The average molecular weight is 463 g/mol. The summed E-state index contributed by atoms with van der Waals surface area (Å²) < 4.78 is 5.61. The van der Waals surface area contributed by atoms with Gasteiger partial charge in [-0.05, 0) is 54.9 Å². The zero-order chi connectivity index (χ0) is 23.9. The molecule has 5 rings (SSSR count). The Morgan fingerprint density at radius 3 is 2.24 bits per heavy atom. The van der Waals surface area contributed by atoms with Crippen molar-refractivity contribution in [2.75, 3.05) is 19.7 Å². The number of hydrogen-bond acceptors (Lipinski definition) is 4. The van der Waals surface area contributed by atoms with Crippen LogP contribution in [0.3, 0.4) is 0 Å². The second-order valence-electron chi connectivity index (χ2n) is 9.87. The highest BCUT2D eigenvalue weighted by Gasteiger charge is 2.53. The van der Waals surface area contributed by atoms with E-state index < -0.39 is 23.4 Å². The van der Waals surface area contributed by atoms with Crippen LogP contribution in [-0.4, -0.2) is 53.7 Å². The van der Waals surface area contributed by atoms with Gasteiger partial charge in [0.25, 0.3) is 0 Å². The maximum Gasteiger partial charge on any atom is 0.407 e. The van der Waals surface area contributed by atoms with Gasteiger partial charge in [0.15, 0.2) is 0 Å². The van der Waals surface area contributed by atoms with Crippen LogP contribution in [0.25, 0.3) is 11.1 Å².